The number of nitrogens with one attached hydrogen (secondary N) is 1. The van der Waals surface area contributed by atoms with Crippen molar-refractivity contribution in [2.45, 2.75) is 18.7 Å². The summed E-state index contributed by atoms with van der Waals surface area (Å²) >= 11 is 5.75. The van der Waals surface area contributed by atoms with E-state index in [4.69, 9.17) is 11.6 Å². The average molecular weight is 447 g/mol. The molecule has 0 bridgehead atoms. The number of sulfonamides is 1. The Morgan fingerprint density at radius 2 is 1.70 bits per heavy atom. The number of carbonyl (C=O) groups is 1. The van der Waals surface area contributed by atoms with Crippen LogP contribution in [0.15, 0.2) is 71.6 Å². The smallest absolute Gasteiger partial charge is 0.264 e. The lowest BCUT2D eigenvalue weighted by molar-refractivity contribution is -0.114. The Balaban J connectivity index is 1.95. The molecule has 0 atom stereocenters. The highest BCUT2D eigenvalue weighted by Gasteiger charge is 2.28. The topological polar surface area (TPSA) is 66.5 Å². The van der Waals surface area contributed by atoms with Crippen molar-refractivity contribution in [1.82, 2.24) is 0 Å². The minimum atomic E-state index is -4.01. The molecule has 0 saturated heterocycles. The van der Waals surface area contributed by atoms with Gasteiger partial charge >= 0.3 is 0 Å². The zero-order valence-corrected chi connectivity index (χ0v) is 18.0. The molecule has 0 spiro atoms. The summed E-state index contributed by atoms with van der Waals surface area (Å²) in [5.41, 5.74) is 2.28. The van der Waals surface area contributed by atoms with E-state index in [0.29, 0.717) is 11.3 Å². The highest BCUT2D eigenvalue weighted by atomic mass is 35.5. The largest absolute Gasteiger partial charge is 0.324 e. The second-order valence-electron chi connectivity index (χ2n) is 6.79. The molecule has 0 aliphatic rings. The number of carbonyl (C=O) groups excluding carboxylic acids is 1. The third kappa shape index (κ3) is 4.80. The molecule has 0 unspecified atom stereocenters. The Morgan fingerprint density at radius 3 is 2.33 bits per heavy atom. The van der Waals surface area contributed by atoms with E-state index in [2.05, 4.69) is 5.32 Å². The number of halogens is 2. The van der Waals surface area contributed by atoms with E-state index in [1.165, 1.54) is 24.3 Å². The Hall–Kier alpha value is -2.90. The minimum Gasteiger partial charge on any atom is -0.324 e. The highest BCUT2D eigenvalue weighted by Crippen LogP contribution is 2.27. The van der Waals surface area contributed by atoms with E-state index in [-0.39, 0.29) is 15.6 Å². The molecule has 3 aromatic rings. The molecule has 0 aliphatic heterocycles. The summed E-state index contributed by atoms with van der Waals surface area (Å²) < 4.78 is 41.1. The standard InChI is InChI=1S/C22H20ClFN2O3S/c1-15-7-10-18(11-8-15)30(28,29)26(21-6-4-3-5-16(21)2)14-22(27)25-17-9-12-20(24)19(23)13-17/h3-13H,14H2,1-2H3,(H,25,27). The maximum Gasteiger partial charge on any atom is 0.264 e. The number of amides is 1. The summed E-state index contributed by atoms with van der Waals surface area (Å²) in [4.78, 5) is 12.8. The molecule has 8 heteroatoms. The summed E-state index contributed by atoms with van der Waals surface area (Å²) in [5, 5.41) is 2.42. The second kappa shape index (κ2) is 8.85. The molecule has 0 radical (unpaired) electrons. The quantitative estimate of drug-likeness (QED) is 0.583. The fourth-order valence-electron chi connectivity index (χ4n) is 2.89. The minimum absolute atomic E-state index is 0.0778. The fourth-order valence-corrected chi connectivity index (χ4v) is 4.55. The molecule has 0 heterocycles. The third-order valence-electron chi connectivity index (χ3n) is 4.48. The lowest BCUT2D eigenvalue weighted by Gasteiger charge is -2.25. The SMILES string of the molecule is Cc1ccc(S(=O)(=O)N(CC(=O)Nc2ccc(F)c(Cl)c2)c2ccccc2C)cc1. The number of anilines is 2. The maximum atomic E-state index is 13.4. The average Bonchev–Trinajstić information content (AvgIpc) is 2.70. The van der Waals surface area contributed by atoms with Gasteiger partial charge in [0.05, 0.1) is 15.6 Å². The predicted octanol–water partition coefficient (Wildman–Crippen LogP) is 4.93. The molecule has 1 amide bonds. The molecule has 0 saturated carbocycles. The monoisotopic (exact) mass is 446 g/mol. The molecular weight excluding hydrogens is 427 g/mol. The van der Waals surface area contributed by atoms with Crippen LogP contribution in [0.25, 0.3) is 0 Å². The predicted molar refractivity (Wildman–Crippen MR) is 117 cm³/mol. The summed E-state index contributed by atoms with van der Waals surface area (Å²) in [6, 6.07) is 17.1. The summed E-state index contributed by atoms with van der Waals surface area (Å²) in [5.74, 6) is -1.20. The van der Waals surface area contributed by atoms with E-state index in [1.807, 2.05) is 6.92 Å². The molecule has 3 aromatic carbocycles. The number of nitrogens with zero attached hydrogens (tertiary/aromatic N) is 1. The first kappa shape index (κ1) is 21.8. The lowest BCUT2D eigenvalue weighted by Crippen LogP contribution is -2.38. The van der Waals surface area contributed by atoms with Crippen molar-refractivity contribution in [3.8, 4) is 0 Å². The van der Waals surface area contributed by atoms with Gasteiger partial charge in [0.25, 0.3) is 10.0 Å². The van der Waals surface area contributed by atoms with Gasteiger partial charge in [0.2, 0.25) is 5.91 Å². The molecular formula is C22H20ClFN2O3S. The van der Waals surface area contributed by atoms with Gasteiger partial charge in [-0.3, -0.25) is 9.10 Å². The second-order valence-corrected chi connectivity index (χ2v) is 9.06. The van der Waals surface area contributed by atoms with Crippen LogP contribution < -0.4 is 9.62 Å². The lowest BCUT2D eigenvalue weighted by atomic mass is 10.2. The summed E-state index contributed by atoms with van der Waals surface area (Å²) in [6.45, 7) is 3.16. The van der Waals surface area contributed by atoms with Gasteiger partial charge < -0.3 is 5.32 Å². The fraction of sp³-hybridized carbons (Fsp3) is 0.136. The molecule has 30 heavy (non-hydrogen) atoms. The van der Waals surface area contributed by atoms with Crippen LogP contribution in [0.2, 0.25) is 5.02 Å². The van der Waals surface area contributed by atoms with Crippen molar-refractivity contribution in [1.29, 1.82) is 0 Å². The van der Waals surface area contributed by atoms with Crippen LogP contribution in [0.4, 0.5) is 15.8 Å². The highest BCUT2D eigenvalue weighted by molar-refractivity contribution is 7.92. The molecule has 0 aromatic heterocycles. The number of aryl methyl sites for hydroxylation is 2. The molecule has 1 N–H and O–H groups in total. The van der Waals surface area contributed by atoms with Gasteiger partial charge in [0.15, 0.2) is 0 Å². The maximum absolute atomic E-state index is 13.4. The zero-order valence-electron chi connectivity index (χ0n) is 16.4. The van der Waals surface area contributed by atoms with Crippen LogP contribution in [0.3, 0.4) is 0 Å². The van der Waals surface area contributed by atoms with Crippen LogP contribution in [0, 0.1) is 19.7 Å². The van der Waals surface area contributed by atoms with E-state index in [9.17, 15) is 17.6 Å². The number of benzene rings is 3. The van der Waals surface area contributed by atoms with Crippen molar-refractivity contribution < 1.29 is 17.6 Å². The third-order valence-corrected chi connectivity index (χ3v) is 6.55. The van der Waals surface area contributed by atoms with E-state index < -0.39 is 28.3 Å². The Labute approximate surface area is 180 Å². The van der Waals surface area contributed by atoms with Crippen molar-refractivity contribution in [2.24, 2.45) is 0 Å². The number of hydrogen-bond acceptors (Lipinski definition) is 3. The zero-order chi connectivity index (χ0) is 21.9. The van der Waals surface area contributed by atoms with E-state index in [0.717, 1.165) is 15.9 Å². The molecule has 0 aliphatic carbocycles. The van der Waals surface area contributed by atoms with Crippen molar-refractivity contribution in [3.63, 3.8) is 0 Å². The van der Waals surface area contributed by atoms with Crippen LogP contribution in [0.1, 0.15) is 11.1 Å². The first-order valence-electron chi connectivity index (χ1n) is 9.08. The van der Waals surface area contributed by atoms with Gasteiger partial charge in [-0.25, -0.2) is 12.8 Å². The van der Waals surface area contributed by atoms with Gasteiger partial charge in [-0.2, -0.15) is 0 Å². The summed E-state index contributed by atoms with van der Waals surface area (Å²) in [7, 11) is -4.01. The van der Waals surface area contributed by atoms with Crippen LogP contribution >= 0.6 is 11.6 Å². The van der Waals surface area contributed by atoms with Gasteiger partial charge in [-0.15, -0.1) is 0 Å². The molecule has 156 valence electrons. The molecule has 3 rings (SSSR count). The van der Waals surface area contributed by atoms with E-state index in [1.54, 1.807) is 43.3 Å². The molecule has 5 nitrogen and oxygen atoms in total. The first-order chi connectivity index (χ1) is 14.2. The van der Waals surface area contributed by atoms with Crippen molar-refractivity contribution in [2.75, 3.05) is 16.2 Å². The van der Waals surface area contributed by atoms with Gasteiger partial charge in [0.1, 0.15) is 12.4 Å². The van der Waals surface area contributed by atoms with Crippen LogP contribution in [-0.4, -0.2) is 20.9 Å². The van der Waals surface area contributed by atoms with Crippen molar-refractivity contribution in [3.05, 3.63) is 88.7 Å². The van der Waals surface area contributed by atoms with Crippen LogP contribution in [-0.2, 0) is 14.8 Å². The van der Waals surface area contributed by atoms with E-state index >= 15 is 0 Å². The van der Waals surface area contributed by atoms with Gasteiger partial charge in [-0.05, 0) is 55.8 Å². The Morgan fingerprint density at radius 1 is 1.03 bits per heavy atom. The van der Waals surface area contributed by atoms with Gasteiger partial charge in [0, 0.05) is 5.69 Å². The number of hydrogen-bond donors (Lipinski definition) is 1. The Kier molecular flexibility index (Phi) is 6.43. The van der Waals surface area contributed by atoms with Gasteiger partial charge in [-0.1, -0.05) is 47.5 Å². The number of rotatable bonds is 6. The Bertz CT molecular complexity index is 1180. The van der Waals surface area contributed by atoms with Crippen molar-refractivity contribution >= 4 is 38.9 Å². The molecule has 0 fully saturated rings. The summed E-state index contributed by atoms with van der Waals surface area (Å²) in [6.07, 6.45) is 0. The van der Waals surface area contributed by atoms with Crippen LogP contribution in [0.5, 0.6) is 0 Å². The first-order valence-corrected chi connectivity index (χ1v) is 10.9. The number of para-hydroxylation sites is 1. The normalized spacial score (nSPS) is 11.2.